The number of anilines is 1. The van der Waals surface area contributed by atoms with E-state index in [4.69, 9.17) is 0 Å². The zero-order valence-corrected chi connectivity index (χ0v) is 27.3. The molecule has 2 fully saturated rings. The third kappa shape index (κ3) is 6.94. The van der Waals surface area contributed by atoms with Crippen LogP contribution in [-0.2, 0) is 17.6 Å². The Kier molecular flexibility index (Phi) is 9.79. The number of para-hydroxylation sites is 1. The summed E-state index contributed by atoms with van der Waals surface area (Å²) >= 11 is 7.14. The first kappa shape index (κ1) is 30.8. The molecule has 3 atom stereocenters. The van der Waals surface area contributed by atoms with Gasteiger partial charge in [-0.3, -0.25) is 4.79 Å². The average Bonchev–Trinajstić information content (AvgIpc) is 3.12. The van der Waals surface area contributed by atoms with Gasteiger partial charge in [-0.2, -0.15) is 0 Å². The number of amides is 4. The third-order valence-corrected chi connectivity index (χ3v) is 10.0. The van der Waals surface area contributed by atoms with Crippen molar-refractivity contribution < 1.29 is 19.5 Å². The molecule has 2 aromatic carbocycles. The van der Waals surface area contributed by atoms with Crippen LogP contribution in [0, 0.1) is 5.92 Å². The maximum Gasteiger partial charge on any atom is 0.407 e. The van der Waals surface area contributed by atoms with Gasteiger partial charge in [0.1, 0.15) is 0 Å². The van der Waals surface area contributed by atoms with E-state index in [0.29, 0.717) is 51.4 Å². The Labute approximate surface area is 264 Å². The van der Waals surface area contributed by atoms with Crippen LogP contribution in [0.25, 0.3) is 0 Å². The molecule has 0 aromatic heterocycles. The molecular weight excluding hydrogens is 666 g/mol. The highest BCUT2D eigenvalue weighted by Gasteiger charge is 2.44. The number of likely N-dealkylation sites (tertiary alicyclic amines) is 2. The van der Waals surface area contributed by atoms with E-state index in [9.17, 15) is 19.5 Å². The fourth-order valence-corrected chi connectivity index (χ4v) is 8.21. The summed E-state index contributed by atoms with van der Waals surface area (Å²) in [5.74, 6) is -0.582. The van der Waals surface area contributed by atoms with Crippen molar-refractivity contribution in [3.63, 3.8) is 0 Å². The van der Waals surface area contributed by atoms with Crippen molar-refractivity contribution in [2.24, 2.45) is 5.92 Å². The van der Waals surface area contributed by atoms with E-state index in [-0.39, 0.29) is 24.5 Å². The van der Waals surface area contributed by atoms with Crippen LogP contribution >= 0.6 is 31.9 Å². The minimum atomic E-state index is -1.02. The Balaban J connectivity index is 1.43. The Bertz CT molecular complexity index is 1300. The Morgan fingerprint density at radius 3 is 2.38 bits per heavy atom. The van der Waals surface area contributed by atoms with Crippen molar-refractivity contribution in [1.29, 1.82) is 0 Å². The number of hydrogen-bond donors (Lipinski definition) is 2. The number of nitrogens with zero attached hydrogens (tertiary/aromatic N) is 4. The molecule has 11 heteroatoms. The predicted molar refractivity (Wildman–Crippen MR) is 170 cm³/mol. The van der Waals surface area contributed by atoms with E-state index in [1.54, 1.807) is 0 Å². The fraction of sp³-hybridized carbons (Fsp3) is 0.516. The molecule has 2 unspecified atom stereocenters. The van der Waals surface area contributed by atoms with Gasteiger partial charge in [-0.15, -0.1) is 0 Å². The second-order valence-corrected chi connectivity index (χ2v) is 13.7. The molecule has 4 amide bonds. The van der Waals surface area contributed by atoms with E-state index in [1.807, 2.05) is 52.3 Å². The van der Waals surface area contributed by atoms with Gasteiger partial charge < -0.3 is 30.0 Å². The number of carbonyl (C=O) groups is 3. The van der Waals surface area contributed by atoms with E-state index in [2.05, 4.69) is 56.2 Å². The smallest absolute Gasteiger partial charge is 0.407 e. The van der Waals surface area contributed by atoms with Crippen LogP contribution in [0.2, 0.25) is 0 Å². The molecule has 226 valence electrons. The van der Waals surface area contributed by atoms with Gasteiger partial charge in [0.05, 0.1) is 5.92 Å². The SMILES string of the molecule is CN(C)C1CCN(C(=O)C(Cc2cc(Br)cc(Br)c2)[C@H]2CC(N3CCc4ccccc4NC3=O)CCN2C(=O)O)CC1. The molecule has 3 heterocycles. The molecule has 3 aliphatic rings. The number of carbonyl (C=O) groups excluding carboxylic acids is 2. The van der Waals surface area contributed by atoms with Crippen LogP contribution in [0.3, 0.4) is 0 Å². The molecule has 5 rings (SSSR count). The highest BCUT2D eigenvalue weighted by atomic mass is 79.9. The van der Waals surface area contributed by atoms with Gasteiger partial charge in [0.25, 0.3) is 0 Å². The average molecular weight is 705 g/mol. The minimum absolute atomic E-state index is 0.00655. The van der Waals surface area contributed by atoms with Crippen molar-refractivity contribution in [2.45, 2.75) is 56.7 Å². The molecule has 2 N–H and O–H groups in total. The quantitative estimate of drug-likeness (QED) is 0.413. The van der Waals surface area contributed by atoms with E-state index in [1.165, 1.54) is 4.90 Å². The van der Waals surface area contributed by atoms with Crippen LogP contribution < -0.4 is 5.32 Å². The van der Waals surface area contributed by atoms with Crippen molar-refractivity contribution in [2.75, 3.05) is 45.6 Å². The molecule has 3 aliphatic heterocycles. The van der Waals surface area contributed by atoms with Gasteiger partial charge in [-0.05, 0) is 88.0 Å². The molecule has 0 bridgehead atoms. The molecule has 42 heavy (non-hydrogen) atoms. The lowest BCUT2D eigenvalue weighted by atomic mass is 9.82. The zero-order valence-electron chi connectivity index (χ0n) is 24.1. The second kappa shape index (κ2) is 13.3. The molecule has 9 nitrogen and oxygen atoms in total. The first-order valence-corrected chi connectivity index (χ1v) is 16.2. The van der Waals surface area contributed by atoms with Crippen molar-refractivity contribution in [3.8, 4) is 0 Å². The first-order chi connectivity index (χ1) is 20.1. The first-order valence-electron chi connectivity index (χ1n) is 14.7. The maximum atomic E-state index is 14.3. The summed E-state index contributed by atoms with van der Waals surface area (Å²) < 4.78 is 1.78. The second-order valence-electron chi connectivity index (χ2n) is 11.9. The predicted octanol–water partition coefficient (Wildman–Crippen LogP) is 5.52. The number of carboxylic acid groups (broad SMARTS) is 1. The molecule has 0 radical (unpaired) electrons. The molecular formula is C31H39Br2N5O4. The van der Waals surface area contributed by atoms with Gasteiger partial charge in [0.2, 0.25) is 5.91 Å². The van der Waals surface area contributed by atoms with Crippen LogP contribution in [0.4, 0.5) is 15.3 Å². The van der Waals surface area contributed by atoms with Crippen LogP contribution in [-0.4, -0.2) is 101 Å². The van der Waals surface area contributed by atoms with Crippen LogP contribution in [0.5, 0.6) is 0 Å². The highest BCUT2D eigenvalue weighted by Crippen LogP contribution is 2.34. The van der Waals surface area contributed by atoms with Crippen LogP contribution in [0.1, 0.15) is 36.8 Å². The maximum absolute atomic E-state index is 14.3. The summed E-state index contributed by atoms with van der Waals surface area (Å²) in [5, 5.41) is 13.4. The number of urea groups is 1. The lowest BCUT2D eigenvalue weighted by Gasteiger charge is -2.46. The molecule has 2 saturated heterocycles. The Hall–Kier alpha value is -2.63. The lowest BCUT2D eigenvalue weighted by molar-refractivity contribution is -0.140. The molecule has 2 aromatic rings. The summed E-state index contributed by atoms with van der Waals surface area (Å²) in [6.45, 7) is 2.12. The summed E-state index contributed by atoms with van der Waals surface area (Å²) in [6.07, 6.45) is 2.82. The monoisotopic (exact) mass is 703 g/mol. The number of piperidine rings is 2. The topological polar surface area (TPSA) is 96.4 Å². The van der Waals surface area contributed by atoms with Crippen molar-refractivity contribution in [3.05, 3.63) is 62.5 Å². The van der Waals surface area contributed by atoms with Crippen LogP contribution in [0.15, 0.2) is 51.4 Å². The number of fused-ring (bicyclic) bond motifs is 1. The van der Waals surface area contributed by atoms with E-state index < -0.39 is 18.1 Å². The number of benzene rings is 2. The summed E-state index contributed by atoms with van der Waals surface area (Å²) in [6, 6.07) is 13.3. The molecule has 0 spiro atoms. The van der Waals surface area contributed by atoms with E-state index >= 15 is 0 Å². The fourth-order valence-electron chi connectivity index (χ4n) is 6.83. The third-order valence-electron chi connectivity index (χ3n) is 9.11. The van der Waals surface area contributed by atoms with Crippen molar-refractivity contribution in [1.82, 2.24) is 19.6 Å². The van der Waals surface area contributed by atoms with Gasteiger partial charge in [-0.1, -0.05) is 50.1 Å². The largest absolute Gasteiger partial charge is 0.465 e. The molecule has 0 saturated carbocycles. The van der Waals surface area contributed by atoms with Crippen molar-refractivity contribution >= 4 is 55.6 Å². The highest BCUT2D eigenvalue weighted by molar-refractivity contribution is 9.11. The standard InChI is InChI=1S/C31H39Br2N5O4/c1-35(2)24-8-11-36(12-9-24)29(39)26(17-20-15-22(32)18-23(33)16-20)28-19-25(10-14-38(28)31(41)42)37-13-7-21-5-3-4-6-27(21)34-30(37)40/h3-6,15-16,18,24-26,28H,7-14,17,19H2,1-2H3,(H,34,40)(H,41,42)/t25?,26?,28-/m1/s1. The minimum Gasteiger partial charge on any atom is -0.465 e. The normalized spacial score (nSPS) is 22.4. The number of rotatable bonds is 6. The van der Waals surface area contributed by atoms with Gasteiger partial charge in [-0.25, -0.2) is 9.59 Å². The Morgan fingerprint density at radius 2 is 1.71 bits per heavy atom. The van der Waals surface area contributed by atoms with Gasteiger partial charge in [0, 0.05) is 58.9 Å². The summed E-state index contributed by atoms with van der Waals surface area (Å²) in [7, 11) is 4.14. The molecule has 0 aliphatic carbocycles. The lowest BCUT2D eigenvalue weighted by Crippen LogP contribution is -2.59. The number of halogens is 2. The number of nitrogens with one attached hydrogen (secondary N) is 1. The number of hydrogen-bond acceptors (Lipinski definition) is 4. The van der Waals surface area contributed by atoms with E-state index in [0.717, 1.165) is 38.6 Å². The zero-order chi connectivity index (χ0) is 30.0. The van der Waals surface area contributed by atoms with Gasteiger partial charge in [0.15, 0.2) is 0 Å². The summed E-state index contributed by atoms with van der Waals surface area (Å²) in [4.78, 5) is 47.8. The summed E-state index contributed by atoms with van der Waals surface area (Å²) in [5.41, 5.74) is 2.86. The Morgan fingerprint density at radius 1 is 1.02 bits per heavy atom. The van der Waals surface area contributed by atoms with Gasteiger partial charge >= 0.3 is 12.1 Å².